The van der Waals surface area contributed by atoms with Crippen LogP contribution in [0.4, 0.5) is 0 Å². The van der Waals surface area contributed by atoms with Gasteiger partial charge in [-0.25, -0.2) is 15.0 Å². The van der Waals surface area contributed by atoms with Gasteiger partial charge in [0.15, 0.2) is 17.5 Å². The van der Waals surface area contributed by atoms with Gasteiger partial charge in [0.1, 0.15) is 11.2 Å². The molecule has 0 aliphatic rings. The first-order chi connectivity index (χ1) is 31.8. The van der Waals surface area contributed by atoms with E-state index in [0.717, 1.165) is 16.2 Å². The average Bonchev–Trinajstić information content (AvgIpc) is 3.72. The summed E-state index contributed by atoms with van der Waals surface area (Å²) in [6.07, 6.45) is 0. The zero-order chi connectivity index (χ0) is 48.0. The van der Waals surface area contributed by atoms with E-state index in [1.807, 2.05) is 42.5 Å². The lowest BCUT2D eigenvalue weighted by atomic mass is 9.91. The van der Waals surface area contributed by atoms with E-state index in [2.05, 4.69) is 15.0 Å². The Kier molecular flexibility index (Phi) is 3.37. The van der Waals surface area contributed by atoms with Gasteiger partial charge in [-0.3, -0.25) is 0 Å². The predicted octanol–water partition coefficient (Wildman–Crippen LogP) is 11.9. The van der Waals surface area contributed by atoms with Crippen LogP contribution in [0.3, 0.4) is 0 Å². The molecule has 2 heterocycles. The van der Waals surface area contributed by atoms with E-state index in [-0.39, 0.29) is 27.1 Å². The van der Waals surface area contributed by atoms with Crippen molar-refractivity contribution in [3.8, 4) is 45.3 Å². The maximum atomic E-state index is 9.37. The van der Waals surface area contributed by atoms with Crippen molar-refractivity contribution in [2.45, 2.75) is 0 Å². The first-order valence-corrected chi connectivity index (χ1v) is 15.0. The summed E-state index contributed by atoms with van der Waals surface area (Å²) in [5.74, 6) is -1.96. The van der Waals surface area contributed by atoms with Gasteiger partial charge in [-0.2, -0.15) is 0 Å². The largest absolute Gasteiger partial charge is 0.456 e. The van der Waals surface area contributed by atoms with Crippen molar-refractivity contribution >= 4 is 54.3 Å². The molecular formula is C45H27N3O. The van der Waals surface area contributed by atoms with Crippen molar-refractivity contribution in [2.24, 2.45) is 0 Å². The van der Waals surface area contributed by atoms with E-state index in [1.165, 1.54) is 0 Å². The van der Waals surface area contributed by atoms with Crippen LogP contribution in [0.15, 0.2) is 168 Å². The summed E-state index contributed by atoms with van der Waals surface area (Å²) < 4.78 is 165. The highest BCUT2D eigenvalue weighted by molar-refractivity contribution is 6.15. The number of hydrogen-bond donors (Lipinski definition) is 0. The number of nitrogens with zero attached hydrogens (tertiary/aromatic N) is 3. The molecule has 4 nitrogen and oxygen atoms in total. The van der Waals surface area contributed by atoms with E-state index < -0.39 is 154 Å². The summed E-state index contributed by atoms with van der Waals surface area (Å²) >= 11 is 0. The third-order valence-electron chi connectivity index (χ3n) is 8.31. The highest BCUT2D eigenvalue weighted by Gasteiger charge is 2.19. The molecule has 0 aliphatic carbocycles. The second kappa shape index (κ2) is 11.0. The van der Waals surface area contributed by atoms with E-state index in [4.69, 9.17) is 22.2 Å². The van der Waals surface area contributed by atoms with Crippen molar-refractivity contribution in [3.63, 3.8) is 0 Å². The third-order valence-corrected chi connectivity index (χ3v) is 8.31. The first kappa shape index (κ1) is 15.1. The van der Waals surface area contributed by atoms with Gasteiger partial charge < -0.3 is 4.42 Å². The summed E-state index contributed by atoms with van der Waals surface area (Å²) in [7, 11) is 0. The minimum absolute atomic E-state index is 0.0317. The number of benzene rings is 8. The monoisotopic (exact) mass is 643 g/mol. The van der Waals surface area contributed by atoms with Gasteiger partial charge in [0.2, 0.25) is 0 Å². The number of para-hydroxylation sites is 1. The van der Waals surface area contributed by atoms with Crippen LogP contribution in [0.25, 0.3) is 99.5 Å². The van der Waals surface area contributed by atoms with Gasteiger partial charge in [-0.1, -0.05) is 151 Å². The van der Waals surface area contributed by atoms with Crippen molar-refractivity contribution in [1.82, 2.24) is 15.0 Å². The molecule has 10 aromatic rings. The SMILES string of the molecule is [2H]c1c([2H])c([2H])c(-c2nc(-c3c([2H])c([2H])c([2H])c4c(-c5cccc6c5ccc5ccccc56)c([2H])c([2H])c([2H])c34)nc(-c3c([2H])c([2H])c([2H])c4oc5c([2H])c([2H])c([2H])c([2H])c5c34)n2)c([2H])c1[2H]. The van der Waals surface area contributed by atoms with Crippen molar-refractivity contribution in [2.75, 3.05) is 0 Å². The van der Waals surface area contributed by atoms with Crippen LogP contribution < -0.4 is 0 Å². The summed E-state index contributed by atoms with van der Waals surface area (Å²) in [5, 5.41) is 1.93. The van der Waals surface area contributed by atoms with Crippen LogP contribution in [0.1, 0.15) is 24.7 Å². The summed E-state index contributed by atoms with van der Waals surface area (Å²) in [5.41, 5.74) is -2.15. The highest BCUT2D eigenvalue weighted by atomic mass is 16.3. The van der Waals surface area contributed by atoms with Crippen LogP contribution in [0.2, 0.25) is 0 Å². The zero-order valence-corrected chi connectivity index (χ0v) is 24.9. The highest BCUT2D eigenvalue weighted by Crippen LogP contribution is 2.40. The topological polar surface area (TPSA) is 51.8 Å². The van der Waals surface area contributed by atoms with Crippen molar-refractivity contribution < 1.29 is 29.1 Å². The first-order valence-electron chi connectivity index (χ1n) is 24.0. The number of aromatic nitrogens is 3. The smallest absolute Gasteiger partial charge is 0.164 e. The lowest BCUT2D eigenvalue weighted by molar-refractivity contribution is 0.669. The predicted molar refractivity (Wildman–Crippen MR) is 201 cm³/mol. The molecule has 0 spiro atoms. The van der Waals surface area contributed by atoms with Crippen LogP contribution in [-0.4, -0.2) is 15.0 Å². The van der Waals surface area contributed by atoms with Gasteiger partial charge >= 0.3 is 0 Å². The Morgan fingerprint density at radius 1 is 0.388 bits per heavy atom. The molecule has 4 heteroatoms. The van der Waals surface area contributed by atoms with Gasteiger partial charge in [0.25, 0.3) is 0 Å². The van der Waals surface area contributed by atoms with Gasteiger partial charge in [0, 0.05) is 27.5 Å². The fourth-order valence-electron chi connectivity index (χ4n) is 6.17. The minimum Gasteiger partial charge on any atom is -0.456 e. The van der Waals surface area contributed by atoms with Crippen LogP contribution >= 0.6 is 0 Å². The maximum Gasteiger partial charge on any atom is 0.164 e. The molecule has 0 aliphatic heterocycles. The molecule has 228 valence electrons. The lowest BCUT2D eigenvalue weighted by Crippen LogP contribution is -2.01. The third kappa shape index (κ3) is 4.42. The number of rotatable bonds is 4. The fraction of sp³-hybridized carbons (Fsp3) is 0. The molecule has 0 fully saturated rings. The molecule has 2 aromatic heterocycles. The Morgan fingerprint density at radius 2 is 1.04 bits per heavy atom. The summed E-state index contributed by atoms with van der Waals surface area (Å²) in [6.45, 7) is 0. The molecule has 10 rings (SSSR count). The van der Waals surface area contributed by atoms with Crippen LogP contribution in [0, 0.1) is 0 Å². The lowest BCUT2D eigenvalue weighted by Gasteiger charge is -2.14. The maximum absolute atomic E-state index is 9.37. The molecule has 0 N–H and O–H groups in total. The number of hydrogen-bond acceptors (Lipinski definition) is 4. The Hall–Kier alpha value is -6.65. The second-order valence-corrected chi connectivity index (χ2v) is 11.0. The van der Waals surface area contributed by atoms with E-state index in [1.54, 1.807) is 12.1 Å². The molecule has 0 amide bonds. The normalized spacial score (nSPS) is 16.8. The van der Waals surface area contributed by atoms with Crippen molar-refractivity contribution in [1.29, 1.82) is 0 Å². The molecule has 0 unspecified atom stereocenters. The van der Waals surface area contributed by atoms with E-state index in [9.17, 15) is 6.85 Å². The van der Waals surface area contributed by atoms with E-state index in [0.29, 0.717) is 10.9 Å². The molecule has 0 saturated heterocycles. The van der Waals surface area contributed by atoms with Crippen LogP contribution in [0.5, 0.6) is 0 Å². The molecular weight excluding hydrogens is 599 g/mol. The van der Waals surface area contributed by atoms with Crippen molar-refractivity contribution in [3.05, 3.63) is 163 Å². The summed E-state index contributed by atoms with van der Waals surface area (Å²) in [4.78, 5) is 13.6. The Labute approximate surface area is 307 Å². The quantitative estimate of drug-likeness (QED) is 0.179. The second-order valence-electron chi connectivity index (χ2n) is 11.0. The minimum atomic E-state index is -0.798. The number of fused-ring (bicyclic) bond motifs is 7. The van der Waals surface area contributed by atoms with E-state index >= 15 is 0 Å². The zero-order valence-electron chi connectivity index (χ0n) is 42.9. The average molecular weight is 644 g/mol. The van der Waals surface area contributed by atoms with Gasteiger partial charge in [0.05, 0.1) is 24.7 Å². The number of furan rings is 1. The molecule has 0 radical (unpaired) electrons. The Bertz CT molecular complexity index is 3900. The standard InChI is InChI=1S/C45H27N3O/c1-2-13-29(14-3-1)43-46-44(48-45(47-43)39-23-11-25-41-42(39)38-16-6-7-24-40(38)49-41)37-22-10-20-33-32(18-9-21-35(33)37)34-19-8-17-31-30-15-5-4-12-28(30)26-27-36(31)34/h1-27H/i1D,2D,3D,6D,7D,9D,10D,11D,13D,14D,16D,18D,20D,21D,22D,23D,24D,25D. The molecule has 49 heavy (non-hydrogen) atoms. The fourth-order valence-corrected chi connectivity index (χ4v) is 6.17. The summed E-state index contributed by atoms with van der Waals surface area (Å²) in [6, 6.07) is 3.80. The molecule has 8 aromatic carbocycles. The Morgan fingerprint density at radius 3 is 1.94 bits per heavy atom. The molecule has 0 atom stereocenters. The Balaban J connectivity index is 1.40. The van der Waals surface area contributed by atoms with Gasteiger partial charge in [-0.05, 0) is 55.5 Å². The van der Waals surface area contributed by atoms with Gasteiger partial charge in [-0.15, -0.1) is 0 Å². The van der Waals surface area contributed by atoms with Crippen LogP contribution in [-0.2, 0) is 0 Å². The molecule has 0 bridgehead atoms. The molecule has 0 saturated carbocycles.